The molecule has 2 heterocycles. The van der Waals surface area contributed by atoms with Crippen molar-refractivity contribution in [2.24, 2.45) is 0 Å². The summed E-state index contributed by atoms with van der Waals surface area (Å²) in [4.78, 5) is 20.9. The van der Waals surface area contributed by atoms with Gasteiger partial charge in [0.2, 0.25) is 0 Å². The van der Waals surface area contributed by atoms with Crippen molar-refractivity contribution < 1.29 is 9.90 Å². The highest BCUT2D eigenvalue weighted by Gasteiger charge is 2.15. The van der Waals surface area contributed by atoms with E-state index in [9.17, 15) is 10.1 Å². The van der Waals surface area contributed by atoms with Crippen molar-refractivity contribution in [3.63, 3.8) is 0 Å². The number of aromatic amines is 2. The smallest absolute Gasteiger partial charge is 0.335 e. The normalized spacial score (nSPS) is 10.4. The zero-order valence-corrected chi connectivity index (χ0v) is 11.4. The molecule has 0 spiro atoms. The summed E-state index contributed by atoms with van der Waals surface area (Å²) in [6.07, 6.45) is 1.44. The predicted octanol–water partition coefficient (Wildman–Crippen LogP) is 2.86. The summed E-state index contributed by atoms with van der Waals surface area (Å²) in [5, 5.41) is 18.3. The predicted molar refractivity (Wildman–Crippen MR) is 78.4 cm³/mol. The van der Waals surface area contributed by atoms with Gasteiger partial charge in [0.05, 0.1) is 17.6 Å². The van der Waals surface area contributed by atoms with Gasteiger partial charge in [-0.2, -0.15) is 5.26 Å². The van der Waals surface area contributed by atoms with Crippen LogP contribution in [0.4, 0.5) is 0 Å². The van der Waals surface area contributed by atoms with Gasteiger partial charge in [0.15, 0.2) is 0 Å². The Labute approximate surface area is 123 Å². The zero-order valence-electron chi connectivity index (χ0n) is 10.5. The van der Waals surface area contributed by atoms with E-state index in [0.717, 1.165) is 0 Å². The van der Waals surface area contributed by atoms with Crippen molar-refractivity contribution in [1.82, 2.24) is 15.0 Å². The SMILES string of the molecule is N#Cc1c(-c2ccc(C(=O)O)cc2)[nH]c2c(=S)[nH]cnc12. The highest BCUT2D eigenvalue weighted by molar-refractivity contribution is 7.71. The lowest BCUT2D eigenvalue weighted by Crippen LogP contribution is -1.95. The van der Waals surface area contributed by atoms with E-state index in [4.69, 9.17) is 17.3 Å². The fourth-order valence-corrected chi connectivity index (χ4v) is 2.32. The summed E-state index contributed by atoms with van der Waals surface area (Å²) in [5.74, 6) is -0.997. The van der Waals surface area contributed by atoms with Gasteiger partial charge in [-0.3, -0.25) is 0 Å². The lowest BCUT2D eigenvalue weighted by atomic mass is 10.1. The minimum absolute atomic E-state index is 0.184. The molecule has 0 aliphatic rings. The Morgan fingerprint density at radius 3 is 2.67 bits per heavy atom. The molecule has 0 aliphatic heterocycles. The van der Waals surface area contributed by atoms with E-state index < -0.39 is 5.97 Å². The van der Waals surface area contributed by atoms with Crippen LogP contribution in [0.5, 0.6) is 0 Å². The van der Waals surface area contributed by atoms with Crippen molar-refractivity contribution >= 4 is 29.2 Å². The number of nitriles is 1. The third kappa shape index (κ3) is 2.07. The first kappa shape index (κ1) is 13.0. The van der Waals surface area contributed by atoms with Gasteiger partial charge in [0.25, 0.3) is 0 Å². The van der Waals surface area contributed by atoms with Gasteiger partial charge >= 0.3 is 5.97 Å². The molecular formula is C14H8N4O2S. The number of aromatic carboxylic acids is 1. The molecule has 0 unspecified atom stereocenters. The molecule has 7 heteroatoms. The van der Waals surface area contributed by atoms with Crippen LogP contribution >= 0.6 is 12.2 Å². The molecule has 0 aliphatic carbocycles. The van der Waals surface area contributed by atoms with Crippen LogP contribution in [0.3, 0.4) is 0 Å². The highest BCUT2D eigenvalue weighted by atomic mass is 32.1. The maximum atomic E-state index is 10.9. The Kier molecular flexibility index (Phi) is 3.01. The number of fused-ring (bicyclic) bond motifs is 1. The maximum absolute atomic E-state index is 10.9. The van der Waals surface area contributed by atoms with Crippen LogP contribution in [0.15, 0.2) is 30.6 Å². The molecule has 0 amide bonds. The summed E-state index contributed by atoms with van der Waals surface area (Å²) >= 11 is 5.17. The molecule has 3 N–H and O–H groups in total. The number of benzene rings is 1. The van der Waals surface area contributed by atoms with E-state index in [2.05, 4.69) is 21.0 Å². The number of nitrogens with one attached hydrogen (secondary N) is 2. The van der Waals surface area contributed by atoms with E-state index >= 15 is 0 Å². The fraction of sp³-hybridized carbons (Fsp3) is 0. The van der Waals surface area contributed by atoms with Crippen LogP contribution < -0.4 is 0 Å². The van der Waals surface area contributed by atoms with Crippen molar-refractivity contribution in [1.29, 1.82) is 5.26 Å². The lowest BCUT2D eigenvalue weighted by molar-refractivity contribution is 0.0697. The maximum Gasteiger partial charge on any atom is 0.335 e. The molecule has 0 saturated carbocycles. The summed E-state index contributed by atoms with van der Waals surface area (Å²) < 4.78 is 0.463. The Morgan fingerprint density at radius 2 is 2.05 bits per heavy atom. The second kappa shape index (κ2) is 4.85. The van der Waals surface area contributed by atoms with Crippen LogP contribution in [-0.4, -0.2) is 26.0 Å². The van der Waals surface area contributed by atoms with Gasteiger partial charge in [-0.05, 0) is 17.7 Å². The second-order valence-corrected chi connectivity index (χ2v) is 4.73. The minimum atomic E-state index is -0.997. The number of carboxylic acid groups (broad SMARTS) is 1. The Bertz CT molecular complexity index is 948. The number of aromatic nitrogens is 3. The topological polar surface area (TPSA) is 106 Å². The number of rotatable bonds is 2. The Hall–Kier alpha value is -2.98. The lowest BCUT2D eigenvalue weighted by Gasteiger charge is -2.00. The number of carbonyl (C=O) groups is 1. The van der Waals surface area contributed by atoms with Crippen molar-refractivity contribution in [3.05, 3.63) is 46.4 Å². The Morgan fingerprint density at radius 1 is 1.33 bits per heavy atom. The number of hydrogen-bond donors (Lipinski definition) is 3. The molecule has 0 bridgehead atoms. The molecule has 3 aromatic rings. The van der Waals surface area contributed by atoms with Crippen LogP contribution in [0.1, 0.15) is 15.9 Å². The van der Waals surface area contributed by atoms with Gasteiger partial charge < -0.3 is 15.1 Å². The first-order chi connectivity index (χ1) is 10.1. The molecule has 102 valence electrons. The van der Waals surface area contributed by atoms with Crippen molar-refractivity contribution in [2.45, 2.75) is 0 Å². The first-order valence-corrected chi connectivity index (χ1v) is 6.36. The van der Waals surface area contributed by atoms with Crippen molar-refractivity contribution in [3.8, 4) is 17.3 Å². The van der Waals surface area contributed by atoms with Gasteiger partial charge in [0.1, 0.15) is 27.3 Å². The molecule has 0 radical (unpaired) electrons. The molecule has 2 aromatic heterocycles. The number of carboxylic acids is 1. The third-order valence-corrected chi connectivity index (χ3v) is 3.44. The number of hydrogen-bond acceptors (Lipinski definition) is 4. The van der Waals surface area contributed by atoms with E-state index in [1.165, 1.54) is 18.5 Å². The number of nitrogens with zero attached hydrogens (tertiary/aromatic N) is 2. The third-order valence-electron chi connectivity index (χ3n) is 3.12. The summed E-state index contributed by atoms with van der Waals surface area (Å²) in [7, 11) is 0. The summed E-state index contributed by atoms with van der Waals surface area (Å²) in [6, 6.07) is 8.36. The molecule has 6 nitrogen and oxygen atoms in total. The van der Waals surface area contributed by atoms with Crippen LogP contribution in [0, 0.1) is 16.0 Å². The van der Waals surface area contributed by atoms with Crippen LogP contribution in [0.2, 0.25) is 0 Å². The van der Waals surface area contributed by atoms with Crippen LogP contribution in [0.25, 0.3) is 22.3 Å². The average molecular weight is 296 g/mol. The van der Waals surface area contributed by atoms with E-state index in [1.54, 1.807) is 12.1 Å². The van der Waals surface area contributed by atoms with E-state index in [1.807, 2.05) is 0 Å². The van der Waals surface area contributed by atoms with E-state index in [-0.39, 0.29) is 5.56 Å². The van der Waals surface area contributed by atoms with Gasteiger partial charge in [-0.15, -0.1) is 0 Å². The average Bonchev–Trinajstić information content (AvgIpc) is 2.87. The molecule has 0 saturated heterocycles. The van der Waals surface area contributed by atoms with Gasteiger partial charge in [0, 0.05) is 0 Å². The molecule has 3 rings (SSSR count). The molecule has 0 fully saturated rings. The van der Waals surface area contributed by atoms with Crippen LogP contribution in [-0.2, 0) is 0 Å². The standard InChI is InChI=1S/C14H8N4O2S/c15-5-9-10(7-1-3-8(4-2-7)14(19)20)18-12-11(9)16-6-17-13(12)21/h1-4,6,18H,(H,19,20)(H,16,17,21). The molecule has 21 heavy (non-hydrogen) atoms. The summed E-state index contributed by atoms with van der Waals surface area (Å²) in [5.41, 5.74) is 2.92. The molecule has 0 atom stereocenters. The summed E-state index contributed by atoms with van der Waals surface area (Å²) in [6.45, 7) is 0. The minimum Gasteiger partial charge on any atom is -0.478 e. The highest BCUT2D eigenvalue weighted by Crippen LogP contribution is 2.28. The molecular weight excluding hydrogens is 288 g/mol. The number of H-pyrrole nitrogens is 2. The zero-order chi connectivity index (χ0) is 15.0. The first-order valence-electron chi connectivity index (χ1n) is 5.95. The van der Waals surface area contributed by atoms with E-state index in [0.29, 0.717) is 32.5 Å². The van der Waals surface area contributed by atoms with Gasteiger partial charge in [-0.1, -0.05) is 24.4 Å². The van der Waals surface area contributed by atoms with Gasteiger partial charge in [-0.25, -0.2) is 9.78 Å². The molecule has 1 aromatic carbocycles. The fourth-order valence-electron chi connectivity index (χ4n) is 2.12. The Balaban J connectivity index is 2.25. The largest absolute Gasteiger partial charge is 0.478 e. The second-order valence-electron chi connectivity index (χ2n) is 4.32. The van der Waals surface area contributed by atoms with Crippen molar-refractivity contribution in [2.75, 3.05) is 0 Å². The monoisotopic (exact) mass is 296 g/mol. The quantitative estimate of drug-likeness (QED) is 0.630.